The van der Waals surface area contributed by atoms with Crippen LogP contribution in [0.3, 0.4) is 0 Å². The summed E-state index contributed by atoms with van der Waals surface area (Å²) in [6, 6.07) is 16.7. The van der Waals surface area contributed by atoms with E-state index in [1.807, 2.05) is 42.5 Å². The molecule has 0 aliphatic carbocycles. The molecule has 3 heteroatoms. The van der Waals surface area contributed by atoms with Crippen LogP contribution >= 0.6 is 0 Å². The average molecular weight is 320 g/mol. The summed E-state index contributed by atoms with van der Waals surface area (Å²) in [7, 11) is 0. The summed E-state index contributed by atoms with van der Waals surface area (Å²) >= 11 is 0. The fourth-order valence-electron chi connectivity index (χ4n) is 3.16. The second-order valence-electron chi connectivity index (χ2n) is 6.13. The molecule has 1 N–H and O–H groups in total. The van der Waals surface area contributed by atoms with E-state index in [0.29, 0.717) is 17.2 Å². The van der Waals surface area contributed by atoms with Crippen LogP contribution in [0.4, 0.5) is 0 Å². The van der Waals surface area contributed by atoms with Crippen molar-refractivity contribution in [3.05, 3.63) is 70.4 Å². The predicted molar refractivity (Wildman–Crippen MR) is 97.6 cm³/mol. The predicted octanol–water partition coefficient (Wildman–Crippen LogP) is 4.71. The molecule has 0 aliphatic heterocycles. The summed E-state index contributed by atoms with van der Waals surface area (Å²) in [6.45, 7) is 2.05. The number of carboxylic acids is 1. The van der Waals surface area contributed by atoms with E-state index < -0.39 is 11.9 Å². The van der Waals surface area contributed by atoms with Gasteiger partial charge >= 0.3 is 5.97 Å². The molecule has 3 aromatic carbocycles. The second-order valence-corrected chi connectivity index (χ2v) is 6.13. The first-order valence-corrected chi connectivity index (χ1v) is 8.30. The lowest BCUT2D eigenvalue weighted by Crippen LogP contribution is -2.11. The van der Waals surface area contributed by atoms with Gasteiger partial charge in [0.25, 0.3) is 0 Å². The summed E-state index contributed by atoms with van der Waals surface area (Å²) in [5.74, 6) is -1.33. The minimum Gasteiger partial charge on any atom is -0.481 e. The van der Waals surface area contributed by atoms with Gasteiger partial charge in [-0.25, -0.2) is 0 Å². The Hall–Kier alpha value is -2.68. The lowest BCUT2D eigenvalue weighted by atomic mass is 9.92. The van der Waals surface area contributed by atoms with Gasteiger partial charge in [-0.05, 0) is 22.8 Å². The lowest BCUT2D eigenvalue weighted by Gasteiger charge is -2.12. The Kier molecular flexibility index (Phi) is 4.61. The van der Waals surface area contributed by atoms with Crippen molar-refractivity contribution in [2.45, 2.75) is 32.1 Å². The van der Waals surface area contributed by atoms with E-state index in [4.69, 9.17) is 0 Å². The van der Waals surface area contributed by atoms with E-state index in [1.165, 1.54) is 0 Å². The molecule has 0 saturated heterocycles. The molecule has 3 rings (SSSR count). The van der Waals surface area contributed by atoms with Crippen LogP contribution in [0.1, 0.15) is 37.7 Å². The van der Waals surface area contributed by atoms with E-state index in [0.717, 1.165) is 29.2 Å². The number of benzene rings is 2. The second kappa shape index (κ2) is 6.83. The Morgan fingerprint density at radius 2 is 1.71 bits per heavy atom. The number of carbonyl (C=O) groups is 1. The number of carboxylic acid groups (broad SMARTS) is 1. The van der Waals surface area contributed by atoms with Gasteiger partial charge in [-0.15, -0.1) is 0 Å². The first-order valence-electron chi connectivity index (χ1n) is 8.30. The standard InChI is InChI=1S/C21H20O3/c1-2-3-7-19(21(23)24)16-11-12-18-15(13-16)10-9-14-6-4-5-8-17(14)20(18)22/h4-6,8-13,19H,2-3,7H2,1H3,(H,23,24). The first-order chi connectivity index (χ1) is 11.6. The lowest BCUT2D eigenvalue weighted by molar-refractivity contribution is -0.139. The van der Waals surface area contributed by atoms with Gasteiger partial charge in [0.2, 0.25) is 0 Å². The van der Waals surface area contributed by atoms with E-state index in [2.05, 4.69) is 6.92 Å². The normalized spacial score (nSPS) is 12.4. The van der Waals surface area contributed by atoms with Gasteiger partial charge in [0.15, 0.2) is 5.43 Å². The van der Waals surface area contributed by atoms with Crippen molar-refractivity contribution in [2.75, 3.05) is 0 Å². The van der Waals surface area contributed by atoms with Gasteiger partial charge in [-0.2, -0.15) is 0 Å². The van der Waals surface area contributed by atoms with E-state index in [9.17, 15) is 14.7 Å². The van der Waals surface area contributed by atoms with Gasteiger partial charge in [-0.3, -0.25) is 9.59 Å². The Labute approximate surface area is 140 Å². The number of rotatable bonds is 5. The van der Waals surface area contributed by atoms with Gasteiger partial charge in [-0.1, -0.05) is 74.4 Å². The maximum atomic E-state index is 12.8. The molecule has 1 unspecified atom stereocenters. The van der Waals surface area contributed by atoms with Crippen molar-refractivity contribution in [2.24, 2.45) is 0 Å². The van der Waals surface area contributed by atoms with Gasteiger partial charge < -0.3 is 5.11 Å². The zero-order chi connectivity index (χ0) is 17.1. The maximum Gasteiger partial charge on any atom is 0.310 e. The highest BCUT2D eigenvalue weighted by Gasteiger charge is 2.19. The van der Waals surface area contributed by atoms with Crippen LogP contribution in [-0.2, 0) is 4.79 Å². The minimum atomic E-state index is -0.810. The molecule has 0 saturated carbocycles. The third kappa shape index (κ3) is 3.02. The van der Waals surface area contributed by atoms with Crippen LogP contribution in [0.25, 0.3) is 21.5 Å². The van der Waals surface area contributed by atoms with Crippen molar-refractivity contribution >= 4 is 27.5 Å². The van der Waals surface area contributed by atoms with Crippen LogP contribution in [0.15, 0.2) is 59.4 Å². The Morgan fingerprint density at radius 3 is 2.46 bits per heavy atom. The van der Waals surface area contributed by atoms with E-state index in [1.54, 1.807) is 12.1 Å². The van der Waals surface area contributed by atoms with Crippen LogP contribution in [0.5, 0.6) is 0 Å². The molecule has 24 heavy (non-hydrogen) atoms. The maximum absolute atomic E-state index is 12.8. The molecule has 0 fully saturated rings. The van der Waals surface area contributed by atoms with E-state index in [-0.39, 0.29) is 5.43 Å². The molecule has 0 spiro atoms. The topological polar surface area (TPSA) is 54.4 Å². The fraction of sp³-hybridized carbons (Fsp3) is 0.238. The molecular weight excluding hydrogens is 300 g/mol. The Bertz CT molecular complexity index is 960. The highest BCUT2D eigenvalue weighted by Crippen LogP contribution is 2.26. The highest BCUT2D eigenvalue weighted by atomic mass is 16.4. The number of aliphatic carboxylic acids is 1. The summed E-state index contributed by atoms with van der Waals surface area (Å²) in [5, 5.41) is 12.5. The molecule has 0 radical (unpaired) electrons. The van der Waals surface area contributed by atoms with Gasteiger partial charge in [0.05, 0.1) is 5.92 Å². The highest BCUT2D eigenvalue weighted by molar-refractivity contribution is 5.93. The van der Waals surface area contributed by atoms with Gasteiger partial charge in [0.1, 0.15) is 0 Å². The molecule has 3 aromatic rings. The summed E-state index contributed by atoms with van der Waals surface area (Å²) < 4.78 is 0. The minimum absolute atomic E-state index is 0.0161. The van der Waals surface area contributed by atoms with E-state index >= 15 is 0 Å². The fourth-order valence-corrected chi connectivity index (χ4v) is 3.16. The van der Waals surface area contributed by atoms with Crippen molar-refractivity contribution < 1.29 is 9.90 Å². The largest absolute Gasteiger partial charge is 0.481 e. The number of unbranched alkanes of at least 4 members (excludes halogenated alkanes) is 1. The molecule has 1 atom stereocenters. The van der Waals surface area contributed by atoms with Crippen LogP contribution in [0, 0.1) is 0 Å². The van der Waals surface area contributed by atoms with Crippen molar-refractivity contribution in [1.82, 2.24) is 0 Å². The smallest absolute Gasteiger partial charge is 0.310 e. The molecule has 0 amide bonds. The quantitative estimate of drug-likeness (QED) is 0.740. The zero-order valence-corrected chi connectivity index (χ0v) is 13.7. The number of hydrogen-bond acceptors (Lipinski definition) is 2. The Balaban J connectivity index is 2.20. The van der Waals surface area contributed by atoms with Gasteiger partial charge in [0, 0.05) is 10.8 Å². The summed E-state index contributed by atoms with van der Waals surface area (Å²) in [6.07, 6.45) is 2.44. The monoisotopic (exact) mass is 320 g/mol. The van der Waals surface area contributed by atoms with Crippen LogP contribution in [0.2, 0.25) is 0 Å². The number of fused-ring (bicyclic) bond motifs is 2. The van der Waals surface area contributed by atoms with Crippen LogP contribution < -0.4 is 5.43 Å². The molecule has 122 valence electrons. The Morgan fingerprint density at radius 1 is 1.00 bits per heavy atom. The molecule has 0 aliphatic rings. The summed E-state index contributed by atoms with van der Waals surface area (Å²) in [4.78, 5) is 24.4. The average Bonchev–Trinajstić information content (AvgIpc) is 2.73. The van der Waals surface area contributed by atoms with Crippen molar-refractivity contribution in [3.63, 3.8) is 0 Å². The molecule has 0 bridgehead atoms. The zero-order valence-electron chi connectivity index (χ0n) is 13.7. The number of hydrogen-bond donors (Lipinski definition) is 1. The molecule has 3 nitrogen and oxygen atoms in total. The SMILES string of the molecule is CCCCC(C(=O)O)c1ccc2c(=O)c3ccccc3ccc2c1. The van der Waals surface area contributed by atoms with Crippen molar-refractivity contribution in [1.29, 1.82) is 0 Å². The van der Waals surface area contributed by atoms with Crippen LogP contribution in [-0.4, -0.2) is 11.1 Å². The molecule has 0 heterocycles. The first kappa shape index (κ1) is 16.2. The molecular formula is C21H20O3. The third-order valence-corrected chi connectivity index (χ3v) is 4.51. The van der Waals surface area contributed by atoms with Crippen molar-refractivity contribution in [3.8, 4) is 0 Å². The molecule has 0 aromatic heterocycles. The third-order valence-electron chi connectivity index (χ3n) is 4.51. The summed E-state index contributed by atoms with van der Waals surface area (Å²) in [5.41, 5.74) is 0.746.